The monoisotopic (exact) mass is 431 g/mol. The van der Waals surface area contributed by atoms with Crippen LogP contribution >= 0.6 is 0 Å². The van der Waals surface area contributed by atoms with Crippen molar-refractivity contribution in [1.29, 1.82) is 0 Å². The Hall–Kier alpha value is -3.90. The molecule has 0 unspecified atom stereocenters. The molecule has 0 spiro atoms. The molecule has 2 amide bonds. The Morgan fingerprint density at radius 3 is 1.77 bits per heavy atom. The Bertz CT molecular complexity index is 1420. The average molecular weight is 431 g/mol. The zero-order valence-electron chi connectivity index (χ0n) is 14.0. The maximum atomic E-state index is 14.9. The summed E-state index contributed by atoms with van der Waals surface area (Å²) in [6, 6.07) is 0.440. The Kier molecular flexibility index (Phi) is 3.91. The highest BCUT2D eigenvalue weighted by atomic mass is 19.2. The number of imide groups is 1. The lowest BCUT2D eigenvalue weighted by atomic mass is 10.0. The number of hydrogen-bond acceptors (Lipinski definition) is 4. The number of amides is 2. The van der Waals surface area contributed by atoms with E-state index in [-0.39, 0.29) is 4.57 Å². The van der Waals surface area contributed by atoms with Crippen molar-refractivity contribution in [3.8, 4) is 5.69 Å². The summed E-state index contributed by atoms with van der Waals surface area (Å²) < 4.78 is 98.8. The SMILES string of the molecule is Nc1c2c(cc(=O)n1-c1c(F)c(F)c3c(F)c(F)c(F)c(F)c3c1F)C(=O)NC2=O. The van der Waals surface area contributed by atoms with Crippen LogP contribution in [0, 0.1) is 40.7 Å². The molecule has 2 heterocycles. The van der Waals surface area contributed by atoms with Gasteiger partial charge in [-0.3, -0.25) is 24.3 Å². The van der Waals surface area contributed by atoms with E-state index in [0.717, 1.165) is 0 Å². The van der Waals surface area contributed by atoms with Crippen LogP contribution in [0.4, 0.5) is 36.6 Å². The molecule has 0 atom stereocenters. The van der Waals surface area contributed by atoms with Crippen molar-refractivity contribution < 1.29 is 40.3 Å². The summed E-state index contributed by atoms with van der Waals surface area (Å²) in [6.07, 6.45) is 0. The normalized spacial score (nSPS) is 13.2. The summed E-state index contributed by atoms with van der Waals surface area (Å²) in [5.41, 5.74) is 1.12. The zero-order chi connectivity index (χ0) is 22.2. The molecule has 0 saturated heterocycles. The number of nitrogens with one attached hydrogen (secondary N) is 1. The number of fused-ring (bicyclic) bond motifs is 2. The molecule has 4 rings (SSSR count). The fraction of sp³-hybridized carbons (Fsp3) is 0. The number of aromatic nitrogens is 1. The molecular weight excluding hydrogens is 427 g/mol. The maximum Gasteiger partial charge on any atom is 0.262 e. The fourth-order valence-corrected chi connectivity index (χ4v) is 3.18. The highest BCUT2D eigenvalue weighted by Gasteiger charge is 2.35. The molecule has 1 aromatic heterocycles. The number of anilines is 1. The lowest BCUT2D eigenvalue weighted by Crippen LogP contribution is -2.26. The van der Waals surface area contributed by atoms with Gasteiger partial charge in [0, 0.05) is 6.07 Å². The van der Waals surface area contributed by atoms with E-state index in [0.29, 0.717) is 6.07 Å². The van der Waals surface area contributed by atoms with Crippen LogP contribution in [0.15, 0.2) is 10.9 Å². The summed E-state index contributed by atoms with van der Waals surface area (Å²) in [4.78, 5) is 35.8. The second kappa shape index (κ2) is 6.05. The van der Waals surface area contributed by atoms with Crippen LogP contribution < -0.4 is 16.6 Å². The Morgan fingerprint density at radius 2 is 1.20 bits per heavy atom. The van der Waals surface area contributed by atoms with Crippen LogP contribution in [0.3, 0.4) is 0 Å². The van der Waals surface area contributed by atoms with Crippen molar-refractivity contribution in [2.45, 2.75) is 0 Å². The van der Waals surface area contributed by atoms with Gasteiger partial charge >= 0.3 is 0 Å². The van der Waals surface area contributed by atoms with E-state index >= 15 is 0 Å². The Morgan fingerprint density at radius 1 is 0.700 bits per heavy atom. The summed E-state index contributed by atoms with van der Waals surface area (Å²) >= 11 is 0. The summed E-state index contributed by atoms with van der Waals surface area (Å²) in [5.74, 6) is -20.0. The van der Waals surface area contributed by atoms with Crippen LogP contribution in [-0.2, 0) is 0 Å². The molecule has 0 fully saturated rings. The first-order chi connectivity index (χ1) is 14.0. The topological polar surface area (TPSA) is 94.2 Å². The van der Waals surface area contributed by atoms with Crippen LogP contribution in [0.1, 0.15) is 20.7 Å². The molecule has 3 N–H and O–H groups in total. The van der Waals surface area contributed by atoms with Crippen LogP contribution in [0.25, 0.3) is 16.5 Å². The third kappa shape index (κ3) is 2.22. The van der Waals surface area contributed by atoms with Crippen molar-refractivity contribution >= 4 is 28.4 Å². The summed E-state index contributed by atoms with van der Waals surface area (Å²) in [6.45, 7) is 0. The summed E-state index contributed by atoms with van der Waals surface area (Å²) in [5, 5.41) is -1.97. The number of hydrogen-bond donors (Lipinski definition) is 2. The molecule has 6 nitrogen and oxygen atoms in total. The predicted octanol–water partition coefficient (Wildman–Crippen LogP) is 2.43. The Balaban J connectivity index is 2.23. The molecular formula is C17H4F7N3O3. The minimum atomic E-state index is -2.52. The molecule has 0 radical (unpaired) electrons. The smallest absolute Gasteiger partial charge is 0.262 e. The standard InChI is InChI=1S/C17H4F7N3O3/c18-7-5-6(8(19)12(23)11(7)22)10(21)14(13(24)9(5)20)27-3(28)1-2-4(15(27)25)17(30)26-16(2)29/h1H,25H2,(H,26,29,30). The molecule has 1 aliphatic rings. The number of halogens is 7. The van der Waals surface area contributed by atoms with Crippen molar-refractivity contribution in [3.63, 3.8) is 0 Å². The second-order valence-electron chi connectivity index (χ2n) is 6.07. The molecule has 2 aromatic carbocycles. The quantitative estimate of drug-likeness (QED) is 0.268. The van der Waals surface area contributed by atoms with Gasteiger partial charge in [0.1, 0.15) is 11.5 Å². The fourth-order valence-electron chi connectivity index (χ4n) is 3.18. The number of pyridine rings is 1. The lowest BCUT2D eigenvalue weighted by molar-refractivity contribution is 0.0880. The van der Waals surface area contributed by atoms with Crippen LogP contribution in [0.5, 0.6) is 0 Å². The molecule has 13 heteroatoms. The highest BCUT2D eigenvalue weighted by Crippen LogP contribution is 2.36. The minimum absolute atomic E-state index is 0.122. The van der Waals surface area contributed by atoms with E-state index in [1.54, 1.807) is 5.32 Å². The third-order valence-corrected chi connectivity index (χ3v) is 4.49. The first-order valence-electron chi connectivity index (χ1n) is 7.72. The van der Waals surface area contributed by atoms with Gasteiger partial charge in [0.25, 0.3) is 17.4 Å². The Labute approximate surface area is 159 Å². The van der Waals surface area contributed by atoms with Gasteiger partial charge < -0.3 is 5.73 Å². The van der Waals surface area contributed by atoms with E-state index in [4.69, 9.17) is 5.73 Å². The molecule has 0 bridgehead atoms. The van der Waals surface area contributed by atoms with E-state index in [9.17, 15) is 45.1 Å². The second-order valence-corrected chi connectivity index (χ2v) is 6.07. The van der Waals surface area contributed by atoms with Crippen LogP contribution in [-0.4, -0.2) is 16.4 Å². The van der Waals surface area contributed by atoms with Crippen molar-refractivity contribution in [1.82, 2.24) is 9.88 Å². The van der Waals surface area contributed by atoms with Gasteiger partial charge in [-0.15, -0.1) is 0 Å². The van der Waals surface area contributed by atoms with Gasteiger partial charge in [-0.05, 0) is 0 Å². The van der Waals surface area contributed by atoms with E-state index in [1.165, 1.54) is 0 Å². The molecule has 30 heavy (non-hydrogen) atoms. The third-order valence-electron chi connectivity index (χ3n) is 4.49. The summed E-state index contributed by atoms with van der Waals surface area (Å²) in [7, 11) is 0. The minimum Gasteiger partial charge on any atom is -0.384 e. The van der Waals surface area contributed by atoms with Crippen molar-refractivity contribution in [3.05, 3.63) is 68.3 Å². The number of benzene rings is 2. The number of rotatable bonds is 1. The van der Waals surface area contributed by atoms with Crippen LogP contribution in [0.2, 0.25) is 0 Å². The molecule has 0 saturated carbocycles. The number of nitrogens with zero attached hydrogens (tertiary/aromatic N) is 1. The van der Waals surface area contributed by atoms with Gasteiger partial charge in [-0.1, -0.05) is 0 Å². The highest BCUT2D eigenvalue weighted by molar-refractivity contribution is 6.23. The molecule has 0 aliphatic carbocycles. The molecule has 1 aliphatic heterocycles. The first-order valence-corrected chi connectivity index (χ1v) is 7.72. The molecule has 3 aromatic rings. The van der Waals surface area contributed by atoms with E-state index < -0.39 is 91.5 Å². The van der Waals surface area contributed by atoms with E-state index in [1.807, 2.05) is 0 Å². The number of nitrogens with two attached hydrogens (primary N) is 1. The molecule has 154 valence electrons. The average Bonchev–Trinajstić information content (AvgIpc) is 2.97. The van der Waals surface area contributed by atoms with Crippen molar-refractivity contribution in [2.75, 3.05) is 5.73 Å². The number of carbonyl (C=O) groups is 2. The first kappa shape index (κ1) is 19.4. The van der Waals surface area contributed by atoms with Gasteiger partial charge in [0.05, 0.1) is 21.9 Å². The van der Waals surface area contributed by atoms with Gasteiger partial charge in [0.15, 0.2) is 40.7 Å². The lowest BCUT2D eigenvalue weighted by Gasteiger charge is -2.16. The predicted molar refractivity (Wildman–Crippen MR) is 85.5 cm³/mol. The van der Waals surface area contributed by atoms with Crippen molar-refractivity contribution in [2.24, 2.45) is 0 Å². The van der Waals surface area contributed by atoms with Gasteiger partial charge in [0.2, 0.25) is 0 Å². The number of nitrogen functional groups attached to an aromatic ring is 1. The van der Waals surface area contributed by atoms with E-state index in [2.05, 4.69) is 0 Å². The number of carbonyl (C=O) groups excluding carboxylic acids is 2. The van der Waals surface area contributed by atoms with Gasteiger partial charge in [-0.2, -0.15) is 0 Å². The van der Waals surface area contributed by atoms with Gasteiger partial charge in [-0.25, -0.2) is 30.7 Å². The largest absolute Gasteiger partial charge is 0.384 e. The zero-order valence-corrected chi connectivity index (χ0v) is 14.0. The maximum absolute atomic E-state index is 14.9.